The van der Waals surface area contributed by atoms with Crippen molar-refractivity contribution >= 4 is 18.6 Å². The number of nitrogens with zero attached hydrogens (tertiary/aromatic N) is 1. The first kappa shape index (κ1) is 7.68. The third-order valence-electron chi connectivity index (χ3n) is 2.05. The number of ketones is 1. The molecule has 0 N–H and O–H groups in total. The Kier molecular flexibility index (Phi) is 1.81. The van der Waals surface area contributed by atoms with E-state index in [2.05, 4.69) is 0 Å². The summed E-state index contributed by atoms with van der Waals surface area (Å²) in [6.07, 6.45) is 9.93. The van der Waals surface area contributed by atoms with E-state index in [1.54, 1.807) is 16.6 Å². The molecule has 1 aliphatic carbocycles. The fraction of sp³-hybridized carbons (Fsp3) is 0.222. The molecule has 0 aromatic carbocycles. The predicted octanol–water partition coefficient (Wildman–Crippen LogP) is 1.10. The van der Waals surface area contributed by atoms with Crippen molar-refractivity contribution in [1.29, 1.82) is 0 Å². The van der Waals surface area contributed by atoms with Gasteiger partial charge >= 0.3 is 0 Å². The molecule has 0 spiro atoms. The van der Waals surface area contributed by atoms with E-state index in [0.717, 1.165) is 12.0 Å². The molecule has 0 radical (unpaired) electrons. The molecule has 2 nitrogen and oxygen atoms in total. The van der Waals surface area contributed by atoms with Crippen molar-refractivity contribution in [3.63, 3.8) is 0 Å². The van der Waals surface area contributed by atoms with Gasteiger partial charge in [0, 0.05) is 0 Å². The summed E-state index contributed by atoms with van der Waals surface area (Å²) in [6.45, 7) is 0. The molecule has 0 fully saturated rings. The summed E-state index contributed by atoms with van der Waals surface area (Å²) in [6, 6.07) is -0.213. The van der Waals surface area contributed by atoms with E-state index in [9.17, 15) is 4.79 Å². The number of hydrogen-bond donors (Lipinski definition) is 0. The molecule has 62 valence electrons. The van der Waals surface area contributed by atoms with Crippen molar-refractivity contribution in [3.8, 4) is 0 Å². The van der Waals surface area contributed by atoms with E-state index in [4.69, 9.17) is 12.8 Å². The Hall–Kier alpha value is -0.960. The first-order valence-electron chi connectivity index (χ1n) is 3.82. The third-order valence-corrected chi connectivity index (χ3v) is 2.39. The van der Waals surface area contributed by atoms with Gasteiger partial charge in [-0.3, -0.25) is 4.79 Å². The summed E-state index contributed by atoms with van der Waals surface area (Å²) in [5, 5.41) is 0. The van der Waals surface area contributed by atoms with Gasteiger partial charge < -0.3 is 17.1 Å². The van der Waals surface area contributed by atoms with Gasteiger partial charge in [-0.1, -0.05) is 12.2 Å². The Balaban J connectivity index is 2.38. The van der Waals surface area contributed by atoms with E-state index in [1.165, 1.54) is 0 Å². The molecule has 2 rings (SSSR count). The summed E-state index contributed by atoms with van der Waals surface area (Å²) >= 11 is 5.01. The van der Waals surface area contributed by atoms with Crippen LogP contribution in [-0.2, 0) is 17.6 Å². The second-order valence-electron chi connectivity index (χ2n) is 2.85. The molecule has 2 aliphatic rings. The first-order chi connectivity index (χ1) is 5.79. The molecule has 12 heavy (non-hydrogen) atoms. The average molecular weight is 178 g/mol. The molecule has 0 amide bonds. The molecule has 0 aromatic rings. The molecule has 1 heterocycles. The molecule has 0 saturated carbocycles. The number of carbonyl (C=O) groups excluding carboxylic acids is 1. The summed E-state index contributed by atoms with van der Waals surface area (Å²) < 4.78 is 1.54. The highest BCUT2D eigenvalue weighted by Crippen LogP contribution is 2.23. The number of fused-ring (bicyclic) bond motifs is 1. The summed E-state index contributed by atoms with van der Waals surface area (Å²) in [4.78, 5) is 11.4. The fourth-order valence-corrected chi connectivity index (χ4v) is 1.79. The molecule has 3 heteroatoms. The zero-order chi connectivity index (χ0) is 8.55. The highest BCUT2D eigenvalue weighted by molar-refractivity contribution is 7.56. The van der Waals surface area contributed by atoms with Gasteiger partial charge in [0.05, 0.1) is 6.04 Å². The van der Waals surface area contributed by atoms with Crippen LogP contribution in [-0.4, -0.2) is 16.1 Å². The Morgan fingerprint density at radius 1 is 1.58 bits per heavy atom. The zero-order valence-electron chi connectivity index (χ0n) is 6.43. The highest BCUT2D eigenvalue weighted by Gasteiger charge is 2.23. The first-order valence-corrected chi connectivity index (χ1v) is 4.18. The van der Waals surface area contributed by atoms with Gasteiger partial charge in [0.15, 0.2) is 5.78 Å². The monoisotopic (exact) mass is 178 g/mol. The van der Waals surface area contributed by atoms with Crippen molar-refractivity contribution < 1.29 is 4.79 Å². The number of hydrogen-bond acceptors (Lipinski definition) is 3. The van der Waals surface area contributed by atoms with Crippen molar-refractivity contribution in [2.24, 2.45) is 0 Å². The van der Waals surface area contributed by atoms with E-state index in [-0.39, 0.29) is 11.8 Å². The van der Waals surface area contributed by atoms with Crippen molar-refractivity contribution in [2.45, 2.75) is 12.5 Å². The Labute approximate surface area is 76.8 Å². The number of rotatable bonds is 0. The SMILES string of the molecule is O=C1C=CCC2=CC=CN([S-])C12. The van der Waals surface area contributed by atoms with Crippen LogP contribution in [0.4, 0.5) is 0 Å². The molecular weight excluding hydrogens is 170 g/mol. The Morgan fingerprint density at radius 2 is 2.42 bits per heavy atom. The zero-order valence-corrected chi connectivity index (χ0v) is 7.25. The van der Waals surface area contributed by atoms with E-state index >= 15 is 0 Å². The third kappa shape index (κ3) is 1.10. The lowest BCUT2D eigenvalue weighted by Crippen LogP contribution is -2.37. The van der Waals surface area contributed by atoms with Crippen LogP contribution in [0.5, 0.6) is 0 Å². The molecule has 1 atom stereocenters. The maximum Gasteiger partial charge on any atom is 0.180 e. The fourth-order valence-electron chi connectivity index (χ4n) is 1.48. The van der Waals surface area contributed by atoms with E-state index < -0.39 is 0 Å². The molecule has 1 unspecified atom stereocenters. The number of allylic oxidation sites excluding steroid dienone is 3. The average Bonchev–Trinajstić information content (AvgIpc) is 2.04. The second-order valence-corrected chi connectivity index (χ2v) is 3.28. The minimum Gasteiger partial charge on any atom is -0.666 e. The normalized spacial score (nSPS) is 27.1. The Bertz CT molecular complexity index is 304. The van der Waals surface area contributed by atoms with Crippen molar-refractivity contribution in [2.75, 3.05) is 0 Å². The van der Waals surface area contributed by atoms with Crippen LogP contribution in [0.15, 0.2) is 36.1 Å². The minimum absolute atomic E-state index is 0.0897. The van der Waals surface area contributed by atoms with Crippen LogP contribution in [0.2, 0.25) is 0 Å². The van der Waals surface area contributed by atoms with Crippen LogP contribution >= 0.6 is 0 Å². The summed E-state index contributed by atoms with van der Waals surface area (Å²) in [7, 11) is 0. The summed E-state index contributed by atoms with van der Waals surface area (Å²) in [5.74, 6) is 0.0897. The smallest absolute Gasteiger partial charge is 0.180 e. The standard InChI is InChI=1S/C9H8NOS/c11-8-5-1-3-7-4-2-6-10(12)9(7)8/h1-2,4-6,9H,3H2/q-1. The molecular formula is C9H8NOS-. The largest absolute Gasteiger partial charge is 0.666 e. The molecule has 0 bridgehead atoms. The summed E-state index contributed by atoms with van der Waals surface area (Å²) in [5.41, 5.74) is 1.10. The maximum atomic E-state index is 11.4. The van der Waals surface area contributed by atoms with E-state index in [0.29, 0.717) is 0 Å². The van der Waals surface area contributed by atoms with Gasteiger partial charge in [0.1, 0.15) is 0 Å². The van der Waals surface area contributed by atoms with Gasteiger partial charge in [0.25, 0.3) is 0 Å². The van der Waals surface area contributed by atoms with Gasteiger partial charge in [-0.15, -0.1) is 0 Å². The molecule has 0 aromatic heterocycles. The van der Waals surface area contributed by atoms with E-state index in [1.807, 2.05) is 18.2 Å². The lowest BCUT2D eigenvalue weighted by Gasteiger charge is -2.40. The highest BCUT2D eigenvalue weighted by atomic mass is 32.1. The Morgan fingerprint density at radius 3 is 3.17 bits per heavy atom. The molecule has 0 saturated heterocycles. The lowest BCUT2D eigenvalue weighted by molar-refractivity contribution is -0.116. The number of carbonyl (C=O) groups is 1. The quantitative estimate of drug-likeness (QED) is 0.518. The van der Waals surface area contributed by atoms with Gasteiger partial charge in [-0.2, -0.15) is 0 Å². The maximum absolute atomic E-state index is 11.4. The van der Waals surface area contributed by atoms with Gasteiger partial charge in [-0.05, 0) is 30.3 Å². The van der Waals surface area contributed by atoms with Crippen molar-refractivity contribution in [3.05, 3.63) is 36.1 Å². The van der Waals surface area contributed by atoms with Crippen LogP contribution in [0.1, 0.15) is 6.42 Å². The van der Waals surface area contributed by atoms with Gasteiger partial charge in [-0.25, -0.2) is 0 Å². The van der Waals surface area contributed by atoms with Crippen LogP contribution in [0.25, 0.3) is 0 Å². The van der Waals surface area contributed by atoms with Gasteiger partial charge in [0.2, 0.25) is 0 Å². The molecule has 1 aliphatic heterocycles. The second kappa shape index (κ2) is 2.83. The predicted molar refractivity (Wildman–Crippen MR) is 49.0 cm³/mol. The topological polar surface area (TPSA) is 20.3 Å². The van der Waals surface area contributed by atoms with Crippen molar-refractivity contribution in [1.82, 2.24) is 4.31 Å². The lowest BCUT2D eigenvalue weighted by atomic mass is 9.92. The van der Waals surface area contributed by atoms with Crippen LogP contribution in [0, 0.1) is 0 Å². The van der Waals surface area contributed by atoms with Crippen LogP contribution < -0.4 is 0 Å². The minimum atomic E-state index is -0.213. The van der Waals surface area contributed by atoms with Crippen LogP contribution in [0.3, 0.4) is 0 Å².